The zero-order chi connectivity index (χ0) is 29.7. The summed E-state index contributed by atoms with van der Waals surface area (Å²) in [6, 6.07) is 18.1. The number of ether oxygens (including phenoxy) is 1. The third-order valence-corrected chi connectivity index (χ3v) is 8.23. The minimum Gasteiger partial charge on any atom is -0.497 e. The Morgan fingerprint density at radius 2 is 1.57 bits per heavy atom. The molecule has 3 aromatic rings. The first-order valence-corrected chi connectivity index (χ1v) is 14.7. The van der Waals surface area contributed by atoms with Crippen LogP contribution in [0.25, 0.3) is 0 Å². The standard InChI is InChI=1S/C29H33Cl2N3O5S/c1-20(28(36)32-29(2,3)4)33(18-21-9-11-22(30)12-10-21)27(35)19-34(24-8-6-7-23(31)17-24)40(37,38)26-15-13-25(39-5)14-16-26/h6-17,20H,18-19H2,1-5H3,(H,32,36)/t20-/m1/s1. The maximum Gasteiger partial charge on any atom is 0.264 e. The molecule has 0 spiro atoms. The van der Waals surface area contributed by atoms with Gasteiger partial charge in [-0.15, -0.1) is 0 Å². The second-order valence-corrected chi connectivity index (χ2v) is 13.0. The van der Waals surface area contributed by atoms with Crippen molar-refractivity contribution in [2.75, 3.05) is 18.0 Å². The summed E-state index contributed by atoms with van der Waals surface area (Å²) >= 11 is 12.2. The largest absolute Gasteiger partial charge is 0.497 e. The molecule has 1 atom stereocenters. The number of carbonyl (C=O) groups excluding carboxylic acids is 2. The third kappa shape index (κ3) is 8.13. The molecule has 0 bridgehead atoms. The van der Waals surface area contributed by atoms with Crippen LogP contribution in [0.2, 0.25) is 10.0 Å². The molecule has 0 heterocycles. The van der Waals surface area contributed by atoms with Gasteiger partial charge in [-0.05, 0) is 87.9 Å². The van der Waals surface area contributed by atoms with Crippen LogP contribution in [0.4, 0.5) is 5.69 Å². The maximum atomic E-state index is 13.9. The first-order valence-electron chi connectivity index (χ1n) is 12.5. The minimum atomic E-state index is -4.22. The van der Waals surface area contributed by atoms with Gasteiger partial charge < -0.3 is 15.0 Å². The summed E-state index contributed by atoms with van der Waals surface area (Å²) in [5.74, 6) is -0.470. The molecule has 0 saturated carbocycles. The van der Waals surface area contributed by atoms with Gasteiger partial charge in [0.15, 0.2) is 0 Å². The fourth-order valence-electron chi connectivity index (χ4n) is 3.88. The SMILES string of the molecule is COc1ccc(S(=O)(=O)N(CC(=O)N(Cc2ccc(Cl)cc2)[C@H](C)C(=O)NC(C)(C)C)c2cccc(Cl)c2)cc1. The number of sulfonamides is 1. The highest BCUT2D eigenvalue weighted by atomic mass is 35.5. The number of amides is 2. The molecule has 0 unspecified atom stereocenters. The number of hydrogen-bond acceptors (Lipinski definition) is 5. The highest BCUT2D eigenvalue weighted by molar-refractivity contribution is 7.92. The van der Waals surface area contributed by atoms with Gasteiger partial charge in [0.2, 0.25) is 11.8 Å². The van der Waals surface area contributed by atoms with Gasteiger partial charge in [0.25, 0.3) is 10.0 Å². The number of carbonyl (C=O) groups is 2. The van der Waals surface area contributed by atoms with Crippen molar-refractivity contribution in [2.45, 2.75) is 50.7 Å². The molecule has 0 radical (unpaired) electrons. The van der Waals surface area contributed by atoms with Crippen molar-refractivity contribution in [1.29, 1.82) is 0 Å². The van der Waals surface area contributed by atoms with Gasteiger partial charge in [0, 0.05) is 22.1 Å². The van der Waals surface area contributed by atoms with Crippen LogP contribution < -0.4 is 14.4 Å². The summed E-state index contributed by atoms with van der Waals surface area (Å²) in [6.45, 7) is 6.61. The Balaban J connectivity index is 2.03. The summed E-state index contributed by atoms with van der Waals surface area (Å²) in [6.07, 6.45) is 0. The fourth-order valence-corrected chi connectivity index (χ4v) is 5.59. The number of rotatable bonds is 10. The summed E-state index contributed by atoms with van der Waals surface area (Å²) < 4.78 is 33.9. The second-order valence-electron chi connectivity index (χ2n) is 10.2. The van der Waals surface area contributed by atoms with E-state index in [4.69, 9.17) is 27.9 Å². The van der Waals surface area contributed by atoms with E-state index in [9.17, 15) is 18.0 Å². The molecule has 2 amide bonds. The average molecular weight is 607 g/mol. The number of nitrogens with one attached hydrogen (secondary N) is 1. The van der Waals surface area contributed by atoms with Gasteiger partial charge in [0.1, 0.15) is 18.3 Å². The second kappa shape index (κ2) is 12.9. The van der Waals surface area contributed by atoms with Crippen LogP contribution in [0.3, 0.4) is 0 Å². The molecule has 11 heteroatoms. The van der Waals surface area contributed by atoms with Crippen molar-refractivity contribution < 1.29 is 22.7 Å². The highest BCUT2D eigenvalue weighted by Gasteiger charge is 2.33. The molecule has 214 valence electrons. The minimum absolute atomic E-state index is 0.0381. The van der Waals surface area contributed by atoms with Gasteiger partial charge in [-0.2, -0.15) is 0 Å². The molecule has 3 rings (SSSR count). The monoisotopic (exact) mass is 605 g/mol. The molecule has 0 aliphatic rings. The third-order valence-electron chi connectivity index (χ3n) is 5.95. The van der Waals surface area contributed by atoms with Crippen LogP contribution in [-0.4, -0.2) is 50.4 Å². The number of anilines is 1. The van der Waals surface area contributed by atoms with Gasteiger partial charge in [-0.1, -0.05) is 41.4 Å². The smallest absolute Gasteiger partial charge is 0.264 e. The molecule has 8 nitrogen and oxygen atoms in total. The lowest BCUT2D eigenvalue weighted by molar-refractivity contribution is -0.140. The number of benzene rings is 3. The van der Waals surface area contributed by atoms with Crippen LogP contribution in [0.15, 0.2) is 77.7 Å². The quantitative estimate of drug-likeness (QED) is 0.328. The Bertz CT molecular complexity index is 1440. The molecule has 3 aromatic carbocycles. The Morgan fingerprint density at radius 3 is 2.12 bits per heavy atom. The van der Waals surface area contributed by atoms with Gasteiger partial charge in [-0.25, -0.2) is 8.42 Å². The summed E-state index contributed by atoms with van der Waals surface area (Å²) in [5.41, 5.74) is 0.389. The Labute approximate surface area is 245 Å². The average Bonchev–Trinajstić information content (AvgIpc) is 2.89. The van der Waals surface area contributed by atoms with Crippen LogP contribution in [-0.2, 0) is 26.2 Å². The van der Waals surface area contributed by atoms with E-state index >= 15 is 0 Å². The fraction of sp³-hybridized carbons (Fsp3) is 0.310. The van der Waals surface area contributed by atoms with Crippen LogP contribution >= 0.6 is 23.2 Å². The molecule has 0 aliphatic carbocycles. The lowest BCUT2D eigenvalue weighted by Crippen LogP contribution is -2.54. The molecule has 0 fully saturated rings. The maximum absolute atomic E-state index is 13.9. The predicted molar refractivity (Wildman–Crippen MR) is 158 cm³/mol. The summed E-state index contributed by atoms with van der Waals surface area (Å²) in [7, 11) is -2.75. The topological polar surface area (TPSA) is 96.0 Å². The van der Waals surface area contributed by atoms with E-state index in [2.05, 4.69) is 5.32 Å². The zero-order valence-electron chi connectivity index (χ0n) is 23.0. The van der Waals surface area contributed by atoms with Crippen molar-refractivity contribution in [3.8, 4) is 5.75 Å². The van der Waals surface area contributed by atoms with Crippen LogP contribution in [0.5, 0.6) is 5.75 Å². The first kappa shape index (κ1) is 31.3. The molecule has 1 N–H and O–H groups in total. The predicted octanol–water partition coefficient (Wildman–Crippen LogP) is 5.53. The molecular formula is C29H33Cl2N3O5S. The van der Waals surface area contributed by atoms with Crippen molar-refractivity contribution in [3.05, 3.63) is 88.4 Å². The number of halogens is 2. The van der Waals surface area contributed by atoms with E-state index in [-0.39, 0.29) is 23.0 Å². The lowest BCUT2D eigenvalue weighted by atomic mass is 10.1. The number of methoxy groups -OCH3 is 1. The van der Waals surface area contributed by atoms with Crippen LogP contribution in [0, 0.1) is 0 Å². The number of hydrogen-bond donors (Lipinski definition) is 1. The number of nitrogens with zero attached hydrogens (tertiary/aromatic N) is 2. The summed E-state index contributed by atoms with van der Waals surface area (Å²) in [5, 5.41) is 3.72. The van der Waals surface area contributed by atoms with E-state index in [0.717, 1.165) is 9.87 Å². The Morgan fingerprint density at radius 1 is 0.950 bits per heavy atom. The molecular weight excluding hydrogens is 573 g/mol. The van der Waals surface area contributed by atoms with E-state index < -0.39 is 34.1 Å². The normalized spacial score (nSPS) is 12.4. The van der Waals surface area contributed by atoms with E-state index in [1.54, 1.807) is 49.4 Å². The van der Waals surface area contributed by atoms with Crippen molar-refractivity contribution in [3.63, 3.8) is 0 Å². The van der Waals surface area contributed by atoms with Crippen molar-refractivity contribution in [1.82, 2.24) is 10.2 Å². The van der Waals surface area contributed by atoms with Gasteiger partial charge in [-0.3, -0.25) is 13.9 Å². The Hall–Kier alpha value is -3.27. The van der Waals surface area contributed by atoms with E-state index in [1.807, 2.05) is 20.8 Å². The summed E-state index contributed by atoms with van der Waals surface area (Å²) in [4.78, 5) is 28.4. The lowest BCUT2D eigenvalue weighted by Gasteiger charge is -2.33. The van der Waals surface area contributed by atoms with Gasteiger partial charge >= 0.3 is 0 Å². The zero-order valence-corrected chi connectivity index (χ0v) is 25.3. The molecule has 40 heavy (non-hydrogen) atoms. The van der Waals surface area contributed by atoms with E-state index in [1.165, 1.54) is 42.3 Å². The van der Waals surface area contributed by atoms with Gasteiger partial charge in [0.05, 0.1) is 17.7 Å². The molecule has 0 saturated heterocycles. The molecule has 0 aliphatic heterocycles. The molecule has 0 aromatic heterocycles. The Kier molecular flexibility index (Phi) is 10.1. The van der Waals surface area contributed by atoms with E-state index in [0.29, 0.717) is 15.8 Å². The first-order chi connectivity index (χ1) is 18.7. The van der Waals surface area contributed by atoms with Crippen LogP contribution in [0.1, 0.15) is 33.3 Å². The highest BCUT2D eigenvalue weighted by Crippen LogP contribution is 2.28. The van der Waals surface area contributed by atoms with Crippen molar-refractivity contribution >= 4 is 50.7 Å². The van der Waals surface area contributed by atoms with Crippen molar-refractivity contribution in [2.24, 2.45) is 0 Å².